The van der Waals surface area contributed by atoms with Gasteiger partial charge in [-0.3, -0.25) is 4.79 Å². The Bertz CT molecular complexity index is 1160. The van der Waals surface area contributed by atoms with E-state index >= 15 is 0 Å². The minimum Gasteiger partial charge on any atom is -0.497 e. The number of aromatic nitrogens is 3. The van der Waals surface area contributed by atoms with Crippen molar-refractivity contribution in [3.05, 3.63) is 60.2 Å². The predicted octanol–water partition coefficient (Wildman–Crippen LogP) is 5.02. The average Bonchev–Trinajstić information content (AvgIpc) is 3.30. The maximum absolute atomic E-state index is 13.1. The van der Waals surface area contributed by atoms with E-state index in [1.807, 2.05) is 49.4 Å². The van der Waals surface area contributed by atoms with Crippen molar-refractivity contribution in [1.82, 2.24) is 20.1 Å². The SMILES string of the molecule is COc1ccc(-c2nnc(SC(C)C(=O)NC3(C#N)CCCCC3)n2CCc2ccccc2)cc1. The number of carbonyl (C=O) groups is 1. The number of carbonyl (C=O) groups excluding carboxylic acids is 1. The first-order valence-electron chi connectivity index (χ1n) is 12.0. The fourth-order valence-electron chi connectivity index (χ4n) is 4.39. The Morgan fingerprint density at radius 1 is 1.14 bits per heavy atom. The molecule has 0 spiro atoms. The molecule has 1 unspecified atom stereocenters. The molecule has 1 saturated carbocycles. The highest BCUT2D eigenvalue weighted by atomic mass is 32.2. The fourth-order valence-corrected chi connectivity index (χ4v) is 5.26. The first-order valence-corrected chi connectivity index (χ1v) is 12.9. The number of methoxy groups -OCH3 is 1. The minimum absolute atomic E-state index is 0.137. The van der Waals surface area contributed by atoms with Crippen molar-refractivity contribution in [2.45, 2.75) is 67.9 Å². The molecule has 1 aliphatic rings. The van der Waals surface area contributed by atoms with Gasteiger partial charge in [-0.25, -0.2) is 0 Å². The smallest absolute Gasteiger partial charge is 0.234 e. The number of rotatable bonds is 9. The van der Waals surface area contributed by atoms with Crippen molar-refractivity contribution in [3.63, 3.8) is 0 Å². The number of ether oxygens (including phenoxy) is 1. The summed E-state index contributed by atoms with van der Waals surface area (Å²) in [6, 6.07) is 20.4. The second-order valence-corrected chi connectivity index (χ2v) is 10.2. The zero-order chi connectivity index (χ0) is 24.7. The number of nitrogens with zero attached hydrogens (tertiary/aromatic N) is 4. The molecule has 182 valence electrons. The average molecular weight is 490 g/mol. The van der Waals surface area contributed by atoms with Crippen LogP contribution in [-0.2, 0) is 17.8 Å². The van der Waals surface area contributed by atoms with Crippen molar-refractivity contribution in [2.75, 3.05) is 7.11 Å². The van der Waals surface area contributed by atoms with Crippen molar-refractivity contribution >= 4 is 17.7 Å². The van der Waals surface area contributed by atoms with Crippen LogP contribution in [0.1, 0.15) is 44.6 Å². The Kier molecular flexibility index (Phi) is 8.09. The Hall–Kier alpha value is -3.31. The van der Waals surface area contributed by atoms with Crippen LogP contribution in [0, 0.1) is 11.3 Å². The summed E-state index contributed by atoms with van der Waals surface area (Å²) in [7, 11) is 1.64. The molecule has 1 N–H and O–H groups in total. The summed E-state index contributed by atoms with van der Waals surface area (Å²) in [5, 5.41) is 22.0. The predicted molar refractivity (Wildman–Crippen MR) is 137 cm³/mol. The monoisotopic (exact) mass is 489 g/mol. The molecule has 0 bridgehead atoms. The molecule has 2 aromatic carbocycles. The molecule has 1 aliphatic carbocycles. The van der Waals surface area contributed by atoms with E-state index in [0.717, 1.165) is 42.8 Å². The van der Waals surface area contributed by atoms with E-state index in [0.29, 0.717) is 24.5 Å². The van der Waals surface area contributed by atoms with Gasteiger partial charge in [-0.05, 0) is 56.0 Å². The summed E-state index contributed by atoms with van der Waals surface area (Å²) in [5.41, 5.74) is 1.40. The summed E-state index contributed by atoms with van der Waals surface area (Å²) in [4.78, 5) is 13.1. The normalized spacial score (nSPS) is 15.7. The highest BCUT2D eigenvalue weighted by Gasteiger charge is 2.35. The summed E-state index contributed by atoms with van der Waals surface area (Å²) >= 11 is 1.38. The van der Waals surface area contributed by atoms with Crippen molar-refractivity contribution in [1.29, 1.82) is 5.26 Å². The van der Waals surface area contributed by atoms with Crippen LogP contribution >= 0.6 is 11.8 Å². The van der Waals surface area contributed by atoms with Gasteiger partial charge in [0.2, 0.25) is 5.91 Å². The van der Waals surface area contributed by atoms with E-state index in [-0.39, 0.29) is 5.91 Å². The van der Waals surface area contributed by atoms with Crippen molar-refractivity contribution < 1.29 is 9.53 Å². The number of benzene rings is 2. The van der Waals surface area contributed by atoms with Crippen LogP contribution in [0.3, 0.4) is 0 Å². The number of hydrogen-bond acceptors (Lipinski definition) is 6. The molecule has 1 atom stereocenters. The number of amides is 1. The Morgan fingerprint density at radius 3 is 2.51 bits per heavy atom. The molecule has 0 radical (unpaired) electrons. The summed E-state index contributed by atoms with van der Waals surface area (Å²) in [6.45, 7) is 2.54. The number of nitrogens with one attached hydrogen (secondary N) is 1. The first kappa shape index (κ1) is 24.8. The second-order valence-electron chi connectivity index (χ2n) is 8.93. The molecule has 7 nitrogen and oxygen atoms in total. The topological polar surface area (TPSA) is 92.8 Å². The van der Waals surface area contributed by atoms with Gasteiger partial charge < -0.3 is 14.6 Å². The van der Waals surface area contributed by atoms with Gasteiger partial charge in [-0.1, -0.05) is 61.4 Å². The third-order valence-electron chi connectivity index (χ3n) is 6.47. The maximum atomic E-state index is 13.1. The quantitative estimate of drug-likeness (QED) is 0.424. The molecule has 1 amide bonds. The van der Waals surface area contributed by atoms with E-state index in [1.54, 1.807) is 7.11 Å². The van der Waals surface area contributed by atoms with Gasteiger partial charge >= 0.3 is 0 Å². The van der Waals surface area contributed by atoms with E-state index in [2.05, 4.69) is 38.3 Å². The van der Waals surface area contributed by atoms with E-state index in [4.69, 9.17) is 4.74 Å². The lowest BCUT2D eigenvalue weighted by Gasteiger charge is -2.32. The third-order valence-corrected chi connectivity index (χ3v) is 7.55. The molecule has 8 heteroatoms. The molecule has 1 aromatic heterocycles. The summed E-state index contributed by atoms with van der Waals surface area (Å²) in [5.74, 6) is 1.39. The number of hydrogen-bond donors (Lipinski definition) is 1. The number of nitriles is 1. The zero-order valence-electron chi connectivity index (χ0n) is 20.2. The first-order chi connectivity index (χ1) is 17.0. The molecule has 35 heavy (non-hydrogen) atoms. The molecular formula is C27H31N5O2S. The lowest BCUT2D eigenvalue weighted by atomic mass is 9.83. The van der Waals surface area contributed by atoms with Crippen molar-refractivity contribution in [2.24, 2.45) is 0 Å². The summed E-state index contributed by atoms with van der Waals surface area (Å²) in [6.07, 6.45) is 5.28. The van der Waals surface area contributed by atoms with Crippen LogP contribution in [0.2, 0.25) is 0 Å². The largest absolute Gasteiger partial charge is 0.497 e. The second kappa shape index (κ2) is 11.4. The van der Waals surface area contributed by atoms with Crippen LogP contribution in [0.25, 0.3) is 11.4 Å². The van der Waals surface area contributed by atoms with Gasteiger partial charge in [-0.2, -0.15) is 5.26 Å². The van der Waals surface area contributed by atoms with Gasteiger partial charge in [-0.15, -0.1) is 10.2 Å². The number of aryl methyl sites for hydroxylation is 1. The van der Waals surface area contributed by atoms with E-state index in [1.165, 1.54) is 17.3 Å². The van der Waals surface area contributed by atoms with Gasteiger partial charge in [0.1, 0.15) is 11.3 Å². The van der Waals surface area contributed by atoms with Crippen LogP contribution in [0.5, 0.6) is 5.75 Å². The lowest BCUT2D eigenvalue weighted by Crippen LogP contribution is -2.51. The molecule has 1 fully saturated rings. The van der Waals surface area contributed by atoms with E-state index < -0.39 is 10.8 Å². The van der Waals surface area contributed by atoms with Crippen LogP contribution in [-0.4, -0.2) is 38.6 Å². The van der Waals surface area contributed by atoms with E-state index in [9.17, 15) is 10.1 Å². The minimum atomic E-state index is -0.751. The van der Waals surface area contributed by atoms with Crippen LogP contribution < -0.4 is 10.1 Å². The molecule has 1 heterocycles. The number of thioether (sulfide) groups is 1. The maximum Gasteiger partial charge on any atom is 0.234 e. The Morgan fingerprint density at radius 2 is 1.86 bits per heavy atom. The lowest BCUT2D eigenvalue weighted by molar-refractivity contribution is -0.121. The molecule has 4 rings (SSSR count). The Labute approximate surface area is 210 Å². The van der Waals surface area contributed by atoms with Gasteiger partial charge in [0.15, 0.2) is 11.0 Å². The standard InChI is InChI=1S/C27H31N5O2S/c1-20(25(33)29-27(19-28)16-7-4-8-17-27)35-26-31-30-24(22-11-13-23(34-2)14-12-22)32(26)18-15-21-9-5-3-6-10-21/h3,5-6,9-14,20H,4,7-8,15-18H2,1-2H3,(H,29,33). The van der Waals surface area contributed by atoms with Gasteiger partial charge in [0, 0.05) is 12.1 Å². The van der Waals surface area contributed by atoms with Gasteiger partial charge in [0.05, 0.1) is 18.4 Å². The summed E-state index contributed by atoms with van der Waals surface area (Å²) < 4.78 is 7.36. The Balaban J connectivity index is 1.55. The molecule has 3 aromatic rings. The highest BCUT2D eigenvalue weighted by molar-refractivity contribution is 8.00. The van der Waals surface area contributed by atoms with Gasteiger partial charge in [0.25, 0.3) is 0 Å². The fraction of sp³-hybridized carbons (Fsp3) is 0.407. The third kappa shape index (κ3) is 6.04. The molecule has 0 aliphatic heterocycles. The molecular weight excluding hydrogens is 458 g/mol. The molecule has 0 saturated heterocycles. The van der Waals surface area contributed by atoms with Crippen LogP contribution in [0.15, 0.2) is 59.8 Å². The highest BCUT2D eigenvalue weighted by Crippen LogP contribution is 2.31. The van der Waals surface area contributed by atoms with Crippen molar-refractivity contribution in [3.8, 4) is 23.2 Å². The van der Waals surface area contributed by atoms with Crippen LogP contribution in [0.4, 0.5) is 0 Å². The zero-order valence-corrected chi connectivity index (χ0v) is 21.1.